The summed E-state index contributed by atoms with van der Waals surface area (Å²) in [5.41, 5.74) is 5.03. The number of carbonyl (C=O) groups excluding carboxylic acids is 2. The molecule has 2 amide bonds. The molecule has 1 saturated heterocycles. The minimum absolute atomic E-state index is 0.0932. The number of hydrogen-bond donors (Lipinski definition) is 3. The van der Waals surface area contributed by atoms with Crippen molar-refractivity contribution in [3.05, 3.63) is 51.3 Å². The molecule has 1 aromatic heterocycles. The summed E-state index contributed by atoms with van der Waals surface area (Å²) < 4.78 is 0. The predicted molar refractivity (Wildman–Crippen MR) is 124 cm³/mol. The van der Waals surface area contributed by atoms with Gasteiger partial charge in [0.15, 0.2) is 0 Å². The number of H-pyrrole nitrogens is 1. The molecule has 164 valence electrons. The highest BCUT2D eigenvalue weighted by atomic mass is 35.5. The lowest BCUT2D eigenvalue weighted by molar-refractivity contribution is -0.110. The fraction of sp³-hybridized carbons (Fsp3) is 0.391. The molecule has 1 fully saturated rings. The van der Waals surface area contributed by atoms with Crippen molar-refractivity contribution in [3.8, 4) is 0 Å². The number of fused-ring (bicyclic) bond motifs is 1. The number of anilines is 1. The van der Waals surface area contributed by atoms with E-state index in [0.29, 0.717) is 22.7 Å². The number of amides is 2. The second kappa shape index (κ2) is 8.86. The van der Waals surface area contributed by atoms with Crippen LogP contribution in [0, 0.1) is 13.8 Å². The largest absolute Gasteiger partial charge is 0.358 e. The average Bonchev–Trinajstić information content (AvgIpc) is 3.19. The molecule has 2 aliphatic heterocycles. The molecule has 0 spiro atoms. The molecule has 0 atom stereocenters. The van der Waals surface area contributed by atoms with Crippen LogP contribution in [-0.4, -0.2) is 72.9 Å². The third-order valence-electron chi connectivity index (χ3n) is 6.07. The highest BCUT2D eigenvalue weighted by molar-refractivity contribution is 6.36. The maximum Gasteiger partial charge on any atom is 0.256 e. The zero-order valence-corrected chi connectivity index (χ0v) is 18.9. The molecule has 3 N–H and O–H groups in total. The van der Waals surface area contributed by atoms with Gasteiger partial charge in [-0.2, -0.15) is 0 Å². The maximum absolute atomic E-state index is 12.9. The van der Waals surface area contributed by atoms with Gasteiger partial charge in [0, 0.05) is 66.9 Å². The first-order chi connectivity index (χ1) is 14.8. The van der Waals surface area contributed by atoms with Crippen LogP contribution in [0.25, 0.3) is 11.6 Å². The van der Waals surface area contributed by atoms with Crippen LogP contribution in [0.2, 0.25) is 5.02 Å². The zero-order chi connectivity index (χ0) is 22.1. The minimum Gasteiger partial charge on any atom is -0.358 e. The molecule has 2 aliphatic rings. The van der Waals surface area contributed by atoms with E-state index in [1.165, 1.54) is 0 Å². The molecule has 3 heterocycles. The van der Waals surface area contributed by atoms with Crippen LogP contribution in [0.5, 0.6) is 0 Å². The number of aryl methyl sites for hydroxylation is 1. The normalized spacial score (nSPS) is 18.3. The second-order valence-electron chi connectivity index (χ2n) is 8.27. The lowest BCUT2D eigenvalue weighted by Crippen LogP contribution is -2.46. The van der Waals surface area contributed by atoms with Gasteiger partial charge >= 0.3 is 0 Å². The van der Waals surface area contributed by atoms with E-state index in [9.17, 15) is 9.59 Å². The first-order valence-corrected chi connectivity index (χ1v) is 10.9. The van der Waals surface area contributed by atoms with Gasteiger partial charge in [-0.1, -0.05) is 11.6 Å². The summed E-state index contributed by atoms with van der Waals surface area (Å²) in [5, 5.41) is 6.47. The molecule has 0 saturated carbocycles. The van der Waals surface area contributed by atoms with Crippen LogP contribution in [0.4, 0.5) is 5.69 Å². The van der Waals surface area contributed by atoms with E-state index in [1.807, 2.05) is 13.8 Å². The fourth-order valence-corrected chi connectivity index (χ4v) is 4.37. The Kier molecular flexibility index (Phi) is 6.18. The first-order valence-electron chi connectivity index (χ1n) is 10.5. The van der Waals surface area contributed by atoms with Crippen molar-refractivity contribution >= 4 is 40.8 Å². The number of benzene rings is 1. The molecule has 0 bridgehead atoms. The summed E-state index contributed by atoms with van der Waals surface area (Å²) in [6, 6.07) is 5.32. The third-order valence-corrected chi connectivity index (χ3v) is 6.30. The molecule has 8 heteroatoms. The number of aromatic nitrogens is 1. The van der Waals surface area contributed by atoms with Crippen molar-refractivity contribution in [3.63, 3.8) is 0 Å². The minimum atomic E-state index is -0.179. The Morgan fingerprint density at radius 2 is 1.97 bits per heavy atom. The van der Waals surface area contributed by atoms with Crippen molar-refractivity contribution < 1.29 is 9.59 Å². The number of hydrogen-bond acceptors (Lipinski definition) is 4. The van der Waals surface area contributed by atoms with Crippen LogP contribution in [-0.2, 0) is 4.79 Å². The topological polar surface area (TPSA) is 80.5 Å². The summed E-state index contributed by atoms with van der Waals surface area (Å²) in [7, 11) is 2.13. The molecule has 0 radical (unpaired) electrons. The molecular weight excluding hydrogens is 414 g/mol. The number of likely N-dealkylation sites (N-methyl/N-ethyl adjacent to an activating group) is 1. The van der Waals surface area contributed by atoms with Crippen molar-refractivity contribution in [1.29, 1.82) is 0 Å². The van der Waals surface area contributed by atoms with Gasteiger partial charge in [0.25, 0.3) is 11.8 Å². The summed E-state index contributed by atoms with van der Waals surface area (Å²) >= 11 is 6.12. The standard InChI is InChI=1S/C23H28ClN5O2/c1-14-20(13-18-17-12-16(24)4-5-19(17)27-22(18)30)26-15(2)21(14)23(31)25-6-7-29-10-8-28(3)9-11-29/h4-5,12-13,26H,6-11H2,1-3H3,(H,25,31)(H,27,30)/b18-13-. The fourth-order valence-electron chi connectivity index (χ4n) is 4.19. The smallest absolute Gasteiger partial charge is 0.256 e. The van der Waals surface area contributed by atoms with E-state index in [1.54, 1.807) is 24.3 Å². The highest BCUT2D eigenvalue weighted by Crippen LogP contribution is 2.35. The Labute approximate surface area is 187 Å². The van der Waals surface area contributed by atoms with Gasteiger partial charge in [0.1, 0.15) is 0 Å². The van der Waals surface area contributed by atoms with Crippen LogP contribution in [0.15, 0.2) is 18.2 Å². The molecular formula is C23H28ClN5O2. The highest BCUT2D eigenvalue weighted by Gasteiger charge is 2.26. The molecule has 0 unspecified atom stereocenters. The van der Waals surface area contributed by atoms with Crippen molar-refractivity contribution in [2.75, 3.05) is 51.6 Å². The monoisotopic (exact) mass is 441 g/mol. The van der Waals surface area contributed by atoms with Crippen molar-refractivity contribution in [2.45, 2.75) is 13.8 Å². The molecule has 31 heavy (non-hydrogen) atoms. The summed E-state index contributed by atoms with van der Waals surface area (Å²) in [5.74, 6) is -0.272. The summed E-state index contributed by atoms with van der Waals surface area (Å²) in [4.78, 5) is 33.3. The van der Waals surface area contributed by atoms with E-state index >= 15 is 0 Å². The van der Waals surface area contributed by atoms with Gasteiger partial charge in [0.2, 0.25) is 0 Å². The van der Waals surface area contributed by atoms with Crippen LogP contribution >= 0.6 is 11.6 Å². The van der Waals surface area contributed by atoms with Gasteiger partial charge in [-0.05, 0) is 50.7 Å². The lowest BCUT2D eigenvalue weighted by Gasteiger charge is -2.32. The Hall–Kier alpha value is -2.61. The number of halogens is 1. The van der Waals surface area contributed by atoms with Crippen LogP contribution < -0.4 is 10.6 Å². The lowest BCUT2D eigenvalue weighted by atomic mass is 10.0. The van der Waals surface area contributed by atoms with Gasteiger partial charge in [-0.15, -0.1) is 0 Å². The SMILES string of the molecule is Cc1[nH]c(/C=C2\C(=O)Nc3ccc(Cl)cc32)c(C)c1C(=O)NCCN1CCN(C)CC1. The molecule has 1 aromatic carbocycles. The molecule has 0 aliphatic carbocycles. The van der Waals surface area contributed by atoms with E-state index in [-0.39, 0.29) is 11.8 Å². The number of nitrogens with one attached hydrogen (secondary N) is 3. The third kappa shape index (κ3) is 4.54. The van der Waals surface area contributed by atoms with E-state index in [0.717, 1.165) is 60.9 Å². The molecule has 7 nitrogen and oxygen atoms in total. The van der Waals surface area contributed by atoms with Gasteiger partial charge in [-0.3, -0.25) is 14.5 Å². The summed E-state index contributed by atoms with van der Waals surface area (Å²) in [6.07, 6.45) is 1.79. The zero-order valence-electron chi connectivity index (χ0n) is 18.1. The van der Waals surface area contributed by atoms with E-state index in [2.05, 4.69) is 32.5 Å². The van der Waals surface area contributed by atoms with Crippen LogP contribution in [0.3, 0.4) is 0 Å². The average molecular weight is 442 g/mol. The van der Waals surface area contributed by atoms with Gasteiger partial charge < -0.3 is 20.5 Å². The van der Waals surface area contributed by atoms with Crippen molar-refractivity contribution in [2.24, 2.45) is 0 Å². The quantitative estimate of drug-likeness (QED) is 0.623. The van der Waals surface area contributed by atoms with E-state index in [4.69, 9.17) is 11.6 Å². The first kappa shape index (κ1) is 21.6. The van der Waals surface area contributed by atoms with Crippen LogP contribution in [0.1, 0.15) is 32.9 Å². The number of aromatic amines is 1. The van der Waals surface area contributed by atoms with Crippen molar-refractivity contribution in [1.82, 2.24) is 20.1 Å². The molecule has 2 aromatic rings. The Balaban J connectivity index is 1.48. The Morgan fingerprint density at radius 3 is 2.71 bits per heavy atom. The number of carbonyl (C=O) groups is 2. The summed E-state index contributed by atoms with van der Waals surface area (Å²) in [6.45, 7) is 9.41. The van der Waals surface area contributed by atoms with Gasteiger partial charge in [0.05, 0.1) is 11.1 Å². The molecule has 4 rings (SSSR count). The van der Waals surface area contributed by atoms with E-state index < -0.39 is 0 Å². The Morgan fingerprint density at radius 1 is 1.23 bits per heavy atom. The maximum atomic E-state index is 12.9. The predicted octanol–water partition coefficient (Wildman–Crippen LogP) is 2.75. The number of piperazine rings is 1. The van der Waals surface area contributed by atoms with Gasteiger partial charge in [-0.25, -0.2) is 0 Å². The Bertz CT molecular complexity index is 1050. The number of rotatable bonds is 5. The number of nitrogens with zero attached hydrogens (tertiary/aromatic N) is 2. The second-order valence-corrected chi connectivity index (χ2v) is 8.70.